The molecule has 0 fully saturated rings. The van der Waals surface area contributed by atoms with E-state index in [0.717, 1.165) is 0 Å². The molecule has 0 aliphatic carbocycles. The first-order valence-corrected chi connectivity index (χ1v) is 10.3. The van der Waals surface area contributed by atoms with Crippen LogP contribution in [0.5, 0.6) is 0 Å². The minimum atomic E-state index is -4.55. The Kier molecular flexibility index (Phi) is 9.05. The van der Waals surface area contributed by atoms with Gasteiger partial charge in [0, 0.05) is 11.4 Å². The van der Waals surface area contributed by atoms with Crippen molar-refractivity contribution < 1.29 is 42.4 Å². The van der Waals surface area contributed by atoms with E-state index < -0.39 is 30.0 Å². The molecule has 152 valence electrons. The predicted octanol–water partition coefficient (Wildman–Crippen LogP) is 2.27. The summed E-state index contributed by atoms with van der Waals surface area (Å²) in [6.07, 6.45) is 0. The van der Waals surface area contributed by atoms with Gasteiger partial charge in [-0.15, -0.1) is 0 Å². The molecule has 13 heteroatoms. The van der Waals surface area contributed by atoms with E-state index >= 15 is 0 Å². The normalized spacial score (nSPS) is 11.2. The van der Waals surface area contributed by atoms with Crippen LogP contribution in [0.3, 0.4) is 0 Å². The van der Waals surface area contributed by atoms with Gasteiger partial charge in [-0.3, -0.25) is 0 Å². The Morgan fingerprint density at radius 1 is 0.741 bits per heavy atom. The minimum absolute atomic E-state index is 0. The number of nitrogen functional groups attached to an aromatic ring is 2. The van der Waals surface area contributed by atoms with Gasteiger partial charge in [0.1, 0.15) is 20.2 Å². The number of benzene rings is 2. The predicted molar refractivity (Wildman–Crippen MR) is 97.1 cm³/mol. The van der Waals surface area contributed by atoms with Crippen LogP contribution in [0.2, 0.25) is 10.0 Å². The summed E-state index contributed by atoms with van der Waals surface area (Å²) in [6.45, 7) is 2.87. The van der Waals surface area contributed by atoms with Gasteiger partial charge in [-0.1, -0.05) is 23.2 Å². The van der Waals surface area contributed by atoms with Gasteiger partial charge < -0.3 is 20.6 Å². The number of nitrogens with two attached hydrogens (primary N) is 2. The largest absolute Gasteiger partial charge is 2.00 e. The smallest absolute Gasteiger partial charge is 0.744 e. The number of hydrogen-bond acceptors (Lipinski definition) is 8. The fraction of sp³-hybridized carbons (Fsp3) is 0.143. The van der Waals surface area contributed by atoms with Gasteiger partial charge in [-0.05, 0) is 49.2 Å². The molecule has 0 atom stereocenters. The van der Waals surface area contributed by atoms with E-state index in [1.165, 1.54) is 38.1 Å². The third-order valence-electron chi connectivity index (χ3n) is 3.30. The van der Waals surface area contributed by atoms with Crippen molar-refractivity contribution in [2.24, 2.45) is 0 Å². The summed E-state index contributed by atoms with van der Waals surface area (Å²) in [5.74, 6) is 0. The van der Waals surface area contributed by atoms with Crippen LogP contribution < -0.4 is 11.5 Å². The third-order valence-corrected chi connectivity index (χ3v) is 6.21. The zero-order chi connectivity index (χ0) is 20.4. The van der Waals surface area contributed by atoms with Crippen LogP contribution in [-0.2, 0) is 36.7 Å². The Bertz CT molecular complexity index is 974. The quantitative estimate of drug-likeness (QED) is 0.360. The maximum Gasteiger partial charge on any atom is 2.00 e. The molecular formula is C14H14Cl2N2NiO6S2. The van der Waals surface area contributed by atoms with Crippen LogP contribution in [0.25, 0.3) is 0 Å². The van der Waals surface area contributed by atoms with Gasteiger partial charge in [0.25, 0.3) is 0 Å². The number of anilines is 2. The molecule has 0 saturated carbocycles. The summed E-state index contributed by atoms with van der Waals surface area (Å²) in [7, 11) is -9.10. The topological polar surface area (TPSA) is 166 Å². The molecule has 2 aromatic carbocycles. The summed E-state index contributed by atoms with van der Waals surface area (Å²) in [5.41, 5.74) is 11.7. The molecule has 2 aromatic rings. The molecule has 0 aliphatic heterocycles. The second-order valence-electron chi connectivity index (χ2n) is 5.09. The van der Waals surface area contributed by atoms with E-state index in [1.54, 1.807) is 0 Å². The molecule has 0 bridgehead atoms. The molecule has 0 heterocycles. The third kappa shape index (κ3) is 6.50. The van der Waals surface area contributed by atoms with Crippen molar-refractivity contribution in [1.29, 1.82) is 0 Å². The summed E-state index contributed by atoms with van der Waals surface area (Å²) in [5, 5.41) is -0.191. The van der Waals surface area contributed by atoms with Crippen LogP contribution in [0.4, 0.5) is 11.4 Å². The Morgan fingerprint density at radius 3 is 1.19 bits per heavy atom. The zero-order valence-corrected chi connectivity index (χ0v) is 17.9. The SMILES string of the molecule is Cc1c(N)ccc(Cl)c1S(=O)(=O)[O-].Cc1c(N)ccc(Cl)c1S(=O)(=O)[O-].[Ni+2]. The molecule has 0 spiro atoms. The second-order valence-corrected chi connectivity index (χ2v) is 8.54. The van der Waals surface area contributed by atoms with Crippen LogP contribution in [0.1, 0.15) is 11.1 Å². The van der Waals surface area contributed by atoms with E-state index in [9.17, 15) is 25.9 Å². The molecule has 4 N–H and O–H groups in total. The monoisotopic (exact) mass is 498 g/mol. The first-order valence-electron chi connectivity index (χ1n) is 6.68. The van der Waals surface area contributed by atoms with Crippen LogP contribution >= 0.6 is 23.2 Å². The maximum atomic E-state index is 10.7. The molecule has 0 unspecified atom stereocenters. The Labute approximate surface area is 177 Å². The van der Waals surface area contributed by atoms with E-state index in [-0.39, 0.29) is 49.0 Å². The molecule has 0 radical (unpaired) electrons. The van der Waals surface area contributed by atoms with Gasteiger partial charge in [-0.25, -0.2) is 16.8 Å². The Morgan fingerprint density at radius 2 is 1.00 bits per heavy atom. The molecule has 0 aromatic heterocycles. The average molecular weight is 500 g/mol. The average Bonchev–Trinajstić information content (AvgIpc) is 2.45. The summed E-state index contributed by atoms with van der Waals surface area (Å²) >= 11 is 11.1. The van der Waals surface area contributed by atoms with Gasteiger partial charge >= 0.3 is 16.5 Å². The van der Waals surface area contributed by atoms with Crippen molar-refractivity contribution in [2.75, 3.05) is 11.5 Å². The van der Waals surface area contributed by atoms with Gasteiger partial charge in [0.05, 0.1) is 19.8 Å². The minimum Gasteiger partial charge on any atom is -0.744 e. The Hall–Kier alpha value is -1.07. The maximum absolute atomic E-state index is 10.7. The van der Waals surface area contributed by atoms with Crippen molar-refractivity contribution >= 4 is 54.8 Å². The van der Waals surface area contributed by atoms with E-state index in [1.807, 2.05) is 0 Å². The van der Waals surface area contributed by atoms with Crippen molar-refractivity contribution in [3.63, 3.8) is 0 Å². The van der Waals surface area contributed by atoms with E-state index in [0.29, 0.717) is 0 Å². The van der Waals surface area contributed by atoms with Gasteiger partial charge in [-0.2, -0.15) is 0 Å². The van der Waals surface area contributed by atoms with Gasteiger partial charge in [0.2, 0.25) is 0 Å². The van der Waals surface area contributed by atoms with Crippen molar-refractivity contribution in [1.82, 2.24) is 0 Å². The zero-order valence-electron chi connectivity index (χ0n) is 13.8. The number of rotatable bonds is 2. The van der Waals surface area contributed by atoms with Crippen LogP contribution in [0.15, 0.2) is 34.1 Å². The second kappa shape index (κ2) is 9.42. The summed E-state index contributed by atoms with van der Waals surface area (Å²) in [4.78, 5) is -0.872. The number of hydrogen-bond donors (Lipinski definition) is 2. The molecule has 0 aliphatic rings. The van der Waals surface area contributed by atoms with E-state index in [4.69, 9.17) is 34.7 Å². The molecule has 0 saturated heterocycles. The standard InChI is InChI=1S/2C7H8ClNO3S.Ni/c2*1-4-6(9)3-2-5(8)7(4)13(10,11)12;/h2*2-3H,9H2,1H3,(H,10,11,12);/q;;+2/p-2. The molecule has 0 amide bonds. The first kappa shape index (κ1) is 25.9. The fourth-order valence-corrected chi connectivity index (χ4v) is 4.54. The van der Waals surface area contributed by atoms with Crippen LogP contribution in [0, 0.1) is 13.8 Å². The van der Waals surface area contributed by atoms with Crippen molar-refractivity contribution in [3.05, 3.63) is 45.4 Å². The summed E-state index contributed by atoms with van der Waals surface area (Å²) in [6, 6.07) is 5.47. The van der Waals surface area contributed by atoms with Crippen molar-refractivity contribution in [3.8, 4) is 0 Å². The van der Waals surface area contributed by atoms with Crippen molar-refractivity contribution in [2.45, 2.75) is 23.6 Å². The summed E-state index contributed by atoms with van der Waals surface area (Å²) < 4.78 is 64.4. The van der Waals surface area contributed by atoms with Crippen LogP contribution in [-0.4, -0.2) is 25.9 Å². The molecule has 8 nitrogen and oxygen atoms in total. The fourth-order valence-electron chi connectivity index (χ4n) is 1.96. The number of halogens is 2. The Balaban J connectivity index is 0.000000483. The molecular weight excluding hydrogens is 486 g/mol. The molecule has 2 rings (SSSR count). The van der Waals surface area contributed by atoms with E-state index in [2.05, 4.69) is 0 Å². The van der Waals surface area contributed by atoms with Gasteiger partial charge in [0.15, 0.2) is 0 Å². The molecule has 27 heavy (non-hydrogen) atoms. The first-order chi connectivity index (χ1) is 11.7.